The lowest BCUT2D eigenvalue weighted by atomic mass is 9.86. The maximum atomic E-state index is 6.91. The Kier molecular flexibility index (Phi) is 12.3. The fraction of sp³-hybridized carbons (Fsp3) is 0.162. The average Bonchev–Trinajstić information content (AvgIpc) is 3.86. The highest BCUT2D eigenvalue weighted by molar-refractivity contribution is 6.14. The Balaban J connectivity index is 0.965. The molecule has 0 fully saturated rings. The molecule has 0 amide bonds. The van der Waals surface area contributed by atoms with Crippen LogP contribution in [0.3, 0.4) is 0 Å². The highest BCUT2D eigenvalue weighted by Gasteiger charge is 2.23. The Morgan fingerprint density at radius 2 is 0.662 bits per heavy atom. The van der Waals surface area contributed by atoms with Crippen molar-refractivity contribution in [2.45, 2.75) is 78.6 Å². The second-order valence-electron chi connectivity index (χ2n) is 23.9. The van der Waals surface area contributed by atoms with Gasteiger partial charge in [-0.2, -0.15) is 0 Å². The summed E-state index contributed by atoms with van der Waals surface area (Å²) in [5, 5.41) is 6.75. The lowest BCUT2D eigenvalue weighted by Gasteiger charge is -2.29. The van der Waals surface area contributed by atoms with Gasteiger partial charge in [0.2, 0.25) is 0 Å². The fourth-order valence-corrected chi connectivity index (χ4v) is 11.1. The number of nitrogens with zero attached hydrogens (tertiary/aromatic N) is 2. The molecular weight excluding hydrogens is 933 g/mol. The molecule has 0 atom stereocenters. The molecule has 11 aromatic carbocycles. The van der Waals surface area contributed by atoms with Gasteiger partial charge < -0.3 is 14.2 Å². The zero-order chi connectivity index (χ0) is 53.2. The summed E-state index contributed by atoms with van der Waals surface area (Å²) >= 11 is 0. The summed E-state index contributed by atoms with van der Waals surface area (Å²) in [5.74, 6) is 0. The minimum atomic E-state index is 0.0345. The Hall–Kier alpha value is -8.66. The first kappa shape index (κ1) is 49.2. The number of anilines is 6. The monoisotopic (exact) mass is 999 g/mol. The molecule has 1 heterocycles. The predicted molar refractivity (Wildman–Crippen MR) is 331 cm³/mol. The summed E-state index contributed by atoms with van der Waals surface area (Å²) in [6.07, 6.45) is 0. The summed E-state index contributed by atoms with van der Waals surface area (Å²) in [7, 11) is 0. The van der Waals surface area contributed by atoms with Crippen LogP contribution in [-0.4, -0.2) is 0 Å². The summed E-state index contributed by atoms with van der Waals surface area (Å²) in [4.78, 5) is 4.82. The summed E-state index contributed by atoms with van der Waals surface area (Å²) < 4.78 is 6.91. The number of benzene rings is 11. The first-order valence-electron chi connectivity index (χ1n) is 27.1. The van der Waals surface area contributed by atoms with Crippen LogP contribution >= 0.6 is 0 Å². The smallest absolute Gasteiger partial charge is 0.136 e. The zero-order valence-electron chi connectivity index (χ0n) is 45.8. The Morgan fingerprint density at radius 1 is 0.273 bits per heavy atom. The van der Waals surface area contributed by atoms with Gasteiger partial charge in [-0.1, -0.05) is 214 Å². The van der Waals surface area contributed by atoms with Gasteiger partial charge in [-0.25, -0.2) is 0 Å². The summed E-state index contributed by atoms with van der Waals surface area (Å²) in [6.45, 7) is 20.4. The van der Waals surface area contributed by atoms with Gasteiger partial charge in [-0.15, -0.1) is 0 Å². The molecule has 0 saturated heterocycles. The van der Waals surface area contributed by atoms with Crippen molar-refractivity contribution < 1.29 is 4.42 Å². The fourth-order valence-electron chi connectivity index (χ4n) is 11.1. The molecule has 0 spiro atoms. The van der Waals surface area contributed by atoms with E-state index in [-0.39, 0.29) is 16.2 Å². The number of furan rings is 1. The number of rotatable bonds is 9. The lowest BCUT2D eigenvalue weighted by molar-refractivity contribution is 0.590. The van der Waals surface area contributed by atoms with Crippen LogP contribution in [0.5, 0.6) is 0 Å². The van der Waals surface area contributed by atoms with Gasteiger partial charge in [0, 0.05) is 44.6 Å². The van der Waals surface area contributed by atoms with Gasteiger partial charge in [0.05, 0.1) is 11.4 Å². The number of hydrogen-bond acceptors (Lipinski definition) is 3. The molecule has 0 aliphatic rings. The molecule has 0 radical (unpaired) electrons. The number of hydrogen-bond donors (Lipinski definition) is 0. The van der Waals surface area contributed by atoms with Crippen LogP contribution in [0.25, 0.3) is 76.9 Å². The van der Waals surface area contributed by atoms with E-state index >= 15 is 0 Å². The van der Waals surface area contributed by atoms with Gasteiger partial charge in [0.15, 0.2) is 0 Å². The van der Waals surface area contributed by atoms with Crippen molar-refractivity contribution in [3.63, 3.8) is 0 Å². The number of fused-ring (bicyclic) bond motifs is 5. The van der Waals surface area contributed by atoms with Crippen molar-refractivity contribution in [3.05, 3.63) is 253 Å². The van der Waals surface area contributed by atoms with Gasteiger partial charge in [0.25, 0.3) is 0 Å². The van der Waals surface area contributed by atoms with Gasteiger partial charge in [-0.05, 0) is 162 Å². The zero-order valence-corrected chi connectivity index (χ0v) is 45.8. The third-order valence-corrected chi connectivity index (χ3v) is 15.5. The first-order chi connectivity index (χ1) is 37.0. The third kappa shape index (κ3) is 9.57. The van der Waals surface area contributed by atoms with Gasteiger partial charge in [0.1, 0.15) is 11.2 Å². The minimum Gasteiger partial charge on any atom is -0.456 e. The van der Waals surface area contributed by atoms with E-state index < -0.39 is 0 Å². The molecule has 12 aromatic rings. The molecule has 0 N–H and O–H groups in total. The molecule has 378 valence electrons. The molecule has 1 aromatic heterocycles. The SMILES string of the molecule is CC(C)(C)c1ccc(-c2ccccc2N(c2ccc(C(C)(C)C)cc2)c2ccc3cc4c(cc3c2)oc2cc3cc(N(c5cccc(-c6ccccc6)c5)c5ccccc5-c5ccc(C(C)(C)C)cc5)ccc3cc24)cc1. The largest absolute Gasteiger partial charge is 0.456 e. The average molecular weight is 999 g/mol. The van der Waals surface area contributed by atoms with Crippen LogP contribution in [0, 0.1) is 0 Å². The Morgan fingerprint density at radius 3 is 1.13 bits per heavy atom. The van der Waals surface area contributed by atoms with Crippen molar-refractivity contribution in [3.8, 4) is 33.4 Å². The topological polar surface area (TPSA) is 19.6 Å². The maximum absolute atomic E-state index is 6.91. The van der Waals surface area contributed by atoms with Crippen molar-refractivity contribution in [1.29, 1.82) is 0 Å². The summed E-state index contributed by atoms with van der Waals surface area (Å²) in [5.41, 5.74) is 19.4. The molecular formula is C74H66N2O. The molecule has 77 heavy (non-hydrogen) atoms. The van der Waals surface area contributed by atoms with Crippen molar-refractivity contribution >= 4 is 77.6 Å². The molecule has 0 bridgehead atoms. The maximum Gasteiger partial charge on any atom is 0.136 e. The first-order valence-corrected chi connectivity index (χ1v) is 27.1. The molecule has 12 rings (SSSR count). The van der Waals surface area contributed by atoms with Crippen LogP contribution < -0.4 is 9.80 Å². The predicted octanol–water partition coefficient (Wildman–Crippen LogP) is 21.7. The van der Waals surface area contributed by atoms with E-state index in [1.165, 1.54) is 44.5 Å². The quantitative estimate of drug-likeness (QED) is 0.144. The second-order valence-corrected chi connectivity index (χ2v) is 23.9. The van der Waals surface area contributed by atoms with Crippen LogP contribution in [0.2, 0.25) is 0 Å². The lowest BCUT2D eigenvalue weighted by Crippen LogP contribution is -2.14. The van der Waals surface area contributed by atoms with Gasteiger partial charge in [-0.3, -0.25) is 0 Å². The molecule has 3 heteroatoms. The van der Waals surface area contributed by atoms with Crippen molar-refractivity contribution in [2.75, 3.05) is 9.80 Å². The minimum absolute atomic E-state index is 0.0345. The van der Waals surface area contributed by atoms with Crippen LogP contribution in [0.4, 0.5) is 34.1 Å². The van der Waals surface area contributed by atoms with Crippen molar-refractivity contribution in [1.82, 2.24) is 0 Å². The molecule has 0 unspecified atom stereocenters. The van der Waals surface area contributed by atoms with E-state index in [4.69, 9.17) is 4.42 Å². The summed E-state index contributed by atoms with van der Waals surface area (Å²) in [6, 6.07) is 87.2. The highest BCUT2D eigenvalue weighted by atomic mass is 16.3. The van der Waals surface area contributed by atoms with Crippen LogP contribution in [0.15, 0.2) is 241 Å². The standard InChI is InChI=1S/C74H66N2O/c1-72(2,3)57-32-26-50(27-33-57)64-22-13-15-24-68(64)75(60-40-36-59(37-41-60)74(7,8)9)62-38-30-53-45-66-67-46-54-31-39-63(44-56(54)48-71(67)77-70(66)47-55(53)43-62)76(61-21-17-20-52(42-61)49-18-11-10-12-19-49)69-25-16-14-23-65(69)51-28-34-58(35-29-51)73(4,5)6/h10-48H,1-9H3. The van der Waals surface area contributed by atoms with E-state index in [2.05, 4.69) is 309 Å². The molecule has 0 aliphatic carbocycles. The highest BCUT2D eigenvalue weighted by Crippen LogP contribution is 2.46. The van der Waals surface area contributed by atoms with Crippen molar-refractivity contribution in [2.24, 2.45) is 0 Å². The van der Waals surface area contributed by atoms with E-state index in [1.54, 1.807) is 0 Å². The number of para-hydroxylation sites is 2. The normalized spacial score (nSPS) is 12.2. The van der Waals surface area contributed by atoms with E-state index in [0.717, 1.165) is 83.2 Å². The van der Waals surface area contributed by atoms with E-state index in [0.29, 0.717) is 0 Å². The van der Waals surface area contributed by atoms with Crippen LogP contribution in [0.1, 0.15) is 79.0 Å². The van der Waals surface area contributed by atoms with Gasteiger partial charge >= 0.3 is 0 Å². The Labute approximate surface area is 454 Å². The van der Waals surface area contributed by atoms with E-state index in [9.17, 15) is 0 Å². The molecule has 0 aliphatic heterocycles. The molecule has 3 nitrogen and oxygen atoms in total. The van der Waals surface area contributed by atoms with E-state index in [1.807, 2.05) is 0 Å². The van der Waals surface area contributed by atoms with Crippen LogP contribution in [-0.2, 0) is 16.2 Å². The Bertz CT molecular complexity index is 4120. The second kappa shape index (κ2) is 19.2. The molecule has 0 saturated carbocycles. The third-order valence-electron chi connectivity index (χ3n) is 15.5.